The van der Waals surface area contributed by atoms with E-state index in [9.17, 15) is 0 Å². The maximum atomic E-state index is 2.44. The molecule has 1 aromatic rings. The number of hydrogen-bond donors (Lipinski definition) is 0. The van der Waals surface area contributed by atoms with Gasteiger partial charge in [-0.15, -0.1) is 0 Å². The van der Waals surface area contributed by atoms with Crippen molar-refractivity contribution >= 4 is 11.3 Å². The summed E-state index contributed by atoms with van der Waals surface area (Å²) in [5.41, 5.74) is 7.62. The highest BCUT2D eigenvalue weighted by atomic mass is 32.1. The molecule has 0 fully saturated rings. The molecule has 1 heteroatoms. The molecule has 0 N–H and O–H groups in total. The molecule has 1 heterocycles. The van der Waals surface area contributed by atoms with Crippen LogP contribution in [-0.4, -0.2) is 0 Å². The minimum atomic E-state index is 1.17. The predicted octanol–water partition coefficient (Wildman–Crippen LogP) is 9.61. The molecule has 0 aliphatic carbocycles. The summed E-state index contributed by atoms with van der Waals surface area (Å²) >= 11 is 1.79. The molecule has 0 saturated heterocycles. The molecular formula is C27H42S. The minimum Gasteiger partial charge on any atom is -0.152 e. The summed E-state index contributed by atoms with van der Waals surface area (Å²) in [6.07, 6.45) is 21.7. The van der Waals surface area contributed by atoms with Crippen LogP contribution in [-0.2, 0) is 6.42 Å². The van der Waals surface area contributed by atoms with Crippen molar-refractivity contribution in [3.8, 4) is 0 Å². The Hall–Kier alpha value is -1.34. The van der Waals surface area contributed by atoms with Crippen LogP contribution in [0.25, 0.3) is 0 Å². The predicted molar refractivity (Wildman–Crippen MR) is 130 cm³/mol. The van der Waals surface area contributed by atoms with E-state index >= 15 is 0 Å². The van der Waals surface area contributed by atoms with E-state index in [1.54, 1.807) is 16.9 Å². The fraction of sp³-hybridized carbons (Fsp3) is 0.556. The fourth-order valence-corrected chi connectivity index (χ4v) is 4.06. The molecular weight excluding hydrogens is 356 g/mol. The van der Waals surface area contributed by atoms with Gasteiger partial charge in [0.2, 0.25) is 0 Å². The molecule has 0 unspecified atom stereocenters. The van der Waals surface area contributed by atoms with Gasteiger partial charge in [0, 0.05) is 0 Å². The van der Waals surface area contributed by atoms with Crippen LogP contribution < -0.4 is 0 Å². The molecule has 0 amide bonds. The second-order valence-electron chi connectivity index (χ2n) is 8.24. The van der Waals surface area contributed by atoms with Gasteiger partial charge in [-0.1, -0.05) is 59.9 Å². The van der Waals surface area contributed by atoms with Crippen molar-refractivity contribution in [3.63, 3.8) is 0 Å². The van der Waals surface area contributed by atoms with Gasteiger partial charge in [-0.2, -0.15) is 11.3 Å². The molecule has 0 saturated carbocycles. The van der Waals surface area contributed by atoms with Gasteiger partial charge in [0.15, 0.2) is 0 Å². The van der Waals surface area contributed by atoms with Crippen molar-refractivity contribution in [1.82, 2.24) is 0 Å². The molecule has 0 aliphatic rings. The van der Waals surface area contributed by atoms with E-state index in [-0.39, 0.29) is 0 Å². The lowest BCUT2D eigenvalue weighted by Gasteiger charge is -2.03. The van der Waals surface area contributed by atoms with Gasteiger partial charge in [0.05, 0.1) is 0 Å². The summed E-state index contributed by atoms with van der Waals surface area (Å²) in [7, 11) is 0. The monoisotopic (exact) mass is 398 g/mol. The van der Waals surface area contributed by atoms with Crippen LogP contribution in [0, 0.1) is 0 Å². The molecule has 0 radical (unpaired) electrons. The normalized spacial score (nSPS) is 14.0. The van der Waals surface area contributed by atoms with Crippen LogP contribution in [0.15, 0.2) is 63.4 Å². The lowest BCUT2D eigenvalue weighted by Crippen LogP contribution is -1.83. The lowest BCUT2D eigenvalue weighted by molar-refractivity contribution is 0.873. The maximum Gasteiger partial charge on any atom is -0.00611 e. The van der Waals surface area contributed by atoms with Crippen LogP contribution in [0.5, 0.6) is 0 Å². The van der Waals surface area contributed by atoms with Crippen molar-refractivity contribution in [1.29, 1.82) is 0 Å². The van der Waals surface area contributed by atoms with Gasteiger partial charge >= 0.3 is 0 Å². The summed E-state index contributed by atoms with van der Waals surface area (Å²) in [6, 6.07) is 2.24. The molecule has 0 nitrogen and oxygen atoms in total. The molecule has 0 bridgehead atoms. The van der Waals surface area contributed by atoms with Crippen molar-refractivity contribution in [2.75, 3.05) is 0 Å². The van der Waals surface area contributed by atoms with Gasteiger partial charge in [0.25, 0.3) is 0 Å². The number of hydrogen-bond acceptors (Lipinski definition) is 1. The highest BCUT2D eigenvalue weighted by Gasteiger charge is 1.95. The Bertz CT molecular complexity index is 638. The summed E-state index contributed by atoms with van der Waals surface area (Å²) in [5.74, 6) is 0. The molecule has 0 aliphatic heterocycles. The Kier molecular flexibility index (Phi) is 13.7. The van der Waals surface area contributed by atoms with Crippen molar-refractivity contribution in [2.45, 2.75) is 98.8 Å². The molecule has 1 aromatic heterocycles. The first-order valence-electron chi connectivity index (χ1n) is 11.1. The highest BCUT2D eigenvalue weighted by Crippen LogP contribution is 2.15. The van der Waals surface area contributed by atoms with E-state index in [1.807, 2.05) is 0 Å². The zero-order chi connectivity index (χ0) is 20.6. The number of aryl methyl sites for hydroxylation is 1. The Morgan fingerprint density at radius 2 is 1.18 bits per heavy atom. The Labute approximate surface area is 179 Å². The maximum absolute atomic E-state index is 2.44. The van der Waals surface area contributed by atoms with Gasteiger partial charge in [-0.05, 0) is 108 Å². The van der Waals surface area contributed by atoms with E-state index in [1.165, 1.54) is 86.5 Å². The van der Waals surface area contributed by atoms with Crippen LogP contribution >= 0.6 is 11.3 Å². The van der Waals surface area contributed by atoms with Crippen LogP contribution in [0.2, 0.25) is 0 Å². The third kappa shape index (κ3) is 12.9. The minimum absolute atomic E-state index is 1.17. The Balaban J connectivity index is 2.18. The van der Waals surface area contributed by atoms with Crippen LogP contribution in [0.4, 0.5) is 0 Å². The molecule has 0 atom stereocenters. The van der Waals surface area contributed by atoms with Crippen LogP contribution in [0.3, 0.4) is 0 Å². The SMILES string of the molecule is CCC/C(C)=C/CC/C(C)=C/CC/C(C)=C/CC/C(C)=C/CCc1ccsc1. The van der Waals surface area contributed by atoms with Crippen LogP contribution in [0.1, 0.15) is 98.0 Å². The van der Waals surface area contributed by atoms with Gasteiger partial charge in [0.1, 0.15) is 0 Å². The molecule has 0 spiro atoms. The lowest BCUT2D eigenvalue weighted by atomic mass is 10.0. The largest absolute Gasteiger partial charge is 0.152 e. The molecule has 0 aromatic carbocycles. The van der Waals surface area contributed by atoms with Gasteiger partial charge < -0.3 is 0 Å². The number of rotatable bonds is 14. The zero-order valence-corrected chi connectivity index (χ0v) is 19.8. The summed E-state index contributed by atoms with van der Waals surface area (Å²) in [4.78, 5) is 0. The van der Waals surface area contributed by atoms with Crippen molar-refractivity contribution in [3.05, 3.63) is 69.0 Å². The second-order valence-corrected chi connectivity index (χ2v) is 9.02. The standard InChI is InChI=1S/C27H42S/c1-6-11-23(2)12-7-13-24(3)14-8-15-25(4)16-9-17-26(5)18-10-19-27-20-21-28-22-27/h12,14,16,18,20-22H,6-11,13,15,17,19H2,1-5H3/b23-12+,24-14+,25-16+,26-18+. The zero-order valence-electron chi connectivity index (χ0n) is 19.0. The molecule has 1 rings (SSSR count). The van der Waals surface area contributed by atoms with Crippen molar-refractivity contribution in [2.24, 2.45) is 0 Å². The smallest absolute Gasteiger partial charge is 0.00611 e. The summed E-state index contributed by atoms with van der Waals surface area (Å²) in [6.45, 7) is 11.4. The summed E-state index contributed by atoms with van der Waals surface area (Å²) < 4.78 is 0. The van der Waals surface area contributed by atoms with E-state index in [0.717, 1.165) is 0 Å². The first-order chi connectivity index (χ1) is 13.5. The van der Waals surface area contributed by atoms with Crippen molar-refractivity contribution < 1.29 is 0 Å². The topological polar surface area (TPSA) is 0 Å². The third-order valence-electron chi connectivity index (χ3n) is 5.24. The summed E-state index contributed by atoms with van der Waals surface area (Å²) in [5, 5.41) is 4.43. The highest BCUT2D eigenvalue weighted by molar-refractivity contribution is 7.07. The average molecular weight is 399 g/mol. The fourth-order valence-electron chi connectivity index (χ4n) is 3.36. The van der Waals surface area contributed by atoms with Gasteiger partial charge in [-0.25, -0.2) is 0 Å². The number of thiophene rings is 1. The van der Waals surface area contributed by atoms with E-state index in [0.29, 0.717) is 0 Å². The number of allylic oxidation sites excluding steroid dienone is 8. The Morgan fingerprint density at radius 3 is 1.61 bits per heavy atom. The average Bonchev–Trinajstić information content (AvgIpc) is 3.15. The van der Waals surface area contributed by atoms with E-state index in [2.05, 4.69) is 75.7 Å². The Morgan fingerprint density at radius 1 is 0.714 bits per heavy atom. The third-order valence-corrected chi connectivity index (χ3v) is 5.98. The van der Waals surface area contributed by atoms with E-state index in [4.69, 9.17) is 0 Å². The molecule has 156 valence electrons. The first kappa shape index (κ1) is 24.7. The van der Waals surface area contributed by atoms with E-state index < -0.39 is 0 Å². The molecule has 28 heavy (non-hydrogen) atoms. The second kappa shape index (κ2) is 15.6. The quantitative estimate of drug-likeness (QED) is 0.274. The van der Waals surface area contributed by atoms with Gasteiger partial charge in [-0.3, -0.25) is 0 Å². The first-order valence-corrected chi connectivity index (χ1v) is 12.1.